The SMILES string of the molecule is COc1cc(C)c(Cl)c(C)c1C(C)CC(O)C(C)O. The lowest BCUT2D eigenvalue weighted by molar-refractivity contribution is 0.0226. The number of benzene rings is 1. The van der Waals surface area contributed by atoms with Gasteiger partial charge in [-0.2, -0.15) is 0 Å². The minimum atomic E-state index is -0.751. The molecule has 0 fully saturated rings. The Morgan fingerprint density at radius 1 is 1.26 bits per heavy atom. The Balaban J connectivity index is 3.14. The van der Waals surface area contributed by atoms with Crippen LogP contribution in [0.15, 0.2) is 6.07 Å². The third kappa shape index (κ3) is 3.62. The fraction of sp³-hybridized carbons (Fsp3) is 0.600. The first-order valence-electron chi connectivity index (χ1n) is 6.49. The lowest BCUT2D eigenvalue weighted by Crippen LogP contribution is -2.24. The van der Waals surface area contributed by atoms with Gasteiger partial charge < -0.3 is 14.9 Å². The monoisotopic (exact) mass is 286 g/mol. The maximum atomic E-state index is 9.81. The molecule has 0 heterocycles. The van der Waals surface area contributed by atoms with Crippen LogP contribution in [-0.4, -0.2) is 29.5 Å². The zero-order valence-electron chi connectivity index (χ0n) is 12.2. The maximum absolute atomic E-state index is 9.81. The fourth-order valence-electron chi connectivity index (χ4n) is 2.39. The van der Waals surface area contributed by atoms with Crippen molar-refractivity contribution in [2.45, 2.75) is 52.2 Å². The van der Waals surface area contributed by atoms with Crippen LogP contribution in [0, 0.1) is 13.8 Å². The molecule has 0 aliphatic heterocycles. The highest BCUT2D eigenvalue weighted by Gasteiger charge is 2.22. The molecule has 3 atom stereocenters. The first-order valence-corrected chi connectivity index (χ1v) is 6.87. The molecule has 0 spiro atoms. The van der Waals surface area contributed by atoms with Gasteiger partial charge in [-0.1, -0.05) is 18.5 Å². The summed E-state index contributed by atoms with van der Waals surface area (Å²) in [5.74, 6) is 0.836. The average Bonchev–Trinajstić information content (AvgIpc) is 2.34. The van der Waals surface area contributed by atoms with E-state index in [0.29, 0.717) is 6.42 Å². The number of hydrogen-bond acceptors (Lipinski definition) is 3. The molecule has 3 nitrogen and oxygen atoms in total. The van der Waals surface area contributed by atoms with E-state index >= 15 is 0 Å². The zero-order valence-corrected chi connectivity index (χ0v) is 13.0. The Hall–Kier alpha value is -0.770. The number of aliphatic hydroxyl groups excluding tert-OH is 2. The normalized spacial score (nSPS) is 16.0. The molecule has 1 rings (SSSR count). The van der Waals surface area contributed by atoms with E-state index in [0.717, 1.165) is 27.5 Å². The molecule has 0 saturated heterocycles. The molecule has 0 aliphatic carbocycles. The van der Waals surface area contributed by atoms with Gasteiger partial charge in [0.2, 0.25) is 0 Å². The zero-order chi connectivity index (χ0) is 14.7. The van der Waals surface area contributed by atoms with Crippen molar-refractivity contribution in [1.29, 1.82) is 0 Å². The Kier molecular flexibility index (Phi) is 5.65. The lowest BCUT2D eigenvalue weighted by Gasteiger charge is -2.23. The summed E-state index contributed by atoms with van der Waals surface area (Å²) in [7, 11) is 1.63. The van der Waals surface area contributed by atoms with Gasteiger partial charge in [-0.05, 0) is 50.3 Å². The van der Waals surface area contributed by atoms with Crippen LogP contribution in [0.1, 0.15) is 42.9 Å². The van der Waals surface area contributed by atoms with Crippen molar-refractivity contribution in [3.05, 3.63) is 27.8 Å². The molecule has 0 bridgehead atoms. The summed E-state index contributed by atoms with van der Waals surface area (Å²) in [5, 5.41) is 19.9. The second kappa shape index (κ2) is 6.60. The number of methoxy groups -OCH3 is 1. The fourth-order valence-corrected chi connectivity index (χ4v) is 2.55. The Bertz CT molecular complexity index is 444. The van der Waals surface area contributed by atoms with Gasteiger partial charge in [0.25, 0.3) is 0 Å². The molecular formula is C15H23ClO3. The highest BCUT2D eigenvalue weighted by atomic mass is 35.5. The van der Waals surface area contributed by atoms with E-state index < -0.39 is 12.2 Å². The van der Waals surface area contributed by atoms with Crippen molar-refractivity contribution in [1.82, 2.24) is 0 Å². The molecule has 2 N–H and O–H groups in total. The lowest BCUT2D eigenvalue weighted by atomic mass is 9.88. The van der Waals surface area contributed by atoms with Crippen LogP contribution < -0.4 is 4.74 Å². The predicted octanol–water partition coefficient (Wildman–Crippen LogP) is 3.20. The van der Waals surface area contributed by atoms with Crippen molar-refractivity contribution in [2.75, 3.05) is 7.11 Å². The van der Waals surface area contributed by atoms with Gasteiger partial charge in [-0.15, -0.1) is 0 Å². The second-order valence-corrected chi connectivity index (χ2v) is 5.57. The minimum absolute atomic E-state index is 0.0534. The Morgan fingerprint density at radius 2 is 1.84 bits per heavy atom. The molecule has 3 unspecified atom stereocenters. The van der Waals surface area contributed by atoms with E-state index in [4.69, 9.17) is 16.3 Å². The molecule has 0 radical (unpaired) electrons. The summed E-state index contributed by atoms with van der Waals surface area (Å²) in [6.45, 7) is 7.49. The highest BCUT2D eigenvalue weighted by molar-refractivity contribution is 6.32. The number of aliphatic hydroxyl groups is 2. The van der Waals surface area contributed by atoms with Crippen molar-refractivity contribution >= 4 is 11.6 Å². The van der Waals surface area contributed by atoms with Crippen LogP contribution in [0.5, 0.6) is 5.75 Å². The quantitative estimate of drug-likeness (QED) is 0.874. The number of halogens is 1. The van der Waals surface area contributed by atoms with Gasteiger partial charge in [0.05, 0.1) is 19.3 Å². The van der Waals surface area contributed by atoms with Gasteiger partial charge in [0, 0.05) is 10.6 Å². The molecule has 0 aromatic heterocycles. The van der Waals surface area contributed by atoms with Crippen molar-refractivity contribution in [3.63, 3.8) is 0 Å². The Labute approximate surface area is 120 Å². The average molecular weight is 287 g/mol. The second-order valence-electron chi connectivity index (χ2n) is 5.19. The number of hydrogen-bond donors (Lipinski definition) is 2. The summed E-state index contributed by atoms with van der Waals surface area (Å²) >= 11 is 6.29. The van der Waals surface area contributed by atoms with Gasteiger partial charge in [0.1, 0.15) is 5.75 Å². The first kappa shape index (κ1) is 16.3. The van der Waals surface area contributed by atoms with Crippen LogP contribution in [-0.2, 0) is 0 Å². The summed E-state index contributed by atoms with van der Waals surface area (Å²) in [6.07, 6.45) is -1.03. The molecule has 1 aromatic rings. The van der Waals surface area contributed by atoms with E-state index in [2.05, 4.69) is 0 Å². The topological polar surface area (TPSA) is 49.7 Å². The number of rotatable bonds is 5. The van der Waals surface area contributed by atoms with Crippen LogP contribution in [0.25, 0.3) is 0 Å². The third-order valence-corrected chi connectivity index (χ3v) is 4.14. The van der Waals surface area contributed by atoms with Crippen LogP contribution in [0.4, 0.5) is 0 Å². The number of ether oxygens (including phenoxy) is 1. The summed E-state index contributed by atoms with van der Waals surface area (Å²) in [6, 6.07) is 1.91. The molecule has 0 amide bonds. The van der Waals surface area contributed by atoms with Crippen LogP contribution in [0.3, 0.4) is 0 Å². The minimum Gasteiger partial charge on any atom is -0.496 e. The van der Waals surface area contributed by atoms with Crippen molar-refractivity contribution in [2.24, 2.45) is 0 Å². The molecule has 4 heteroatoms. The van der Waals surface area contributed by atoms with E-state index in [1.807, 2.05) is 26.8 Å². The molecule has 1 aromatic carbocycles. The largest absolute Gasteiger partial charge is 0.496 e. The molecule has 0 saturated carbocycles. The third-order valence-electron chi connectivity index (χ3n) is 3.56. The summed E-state index contributed by atoms with van der Waals surface area (Å²) in [5.41, 5.74) is 2.95. The first-order chi connectivity index (χ1) is 8.79. The Morgan fingerprint density at radius 3 is 2.32 bits per heavy atom. The standard InChI is InChI=1S/C15H23ClO3/c1-8(6-12(18)11(4)17)14-10(3)15(16)9(2)7-13(14)19-5/h7-8,11-12,17-18H,6H2,1-5H3. The summed E-state index contributed by atoms with van der Waals surface area (Å²) in [4.78, 5) is 0. The van der Waals surface area contributed by atoms with E-state index in [-0.39, 0.29) is 5.92 Å². The van der Waals surface area contributed by atoms with E-state index in [1.54, 1.807) is 14.0 Å². The molecule has 19 heavy (non-hydrogen) atoms. The van der Waals surface area contributed by atoms with Gasteiger partial charge >= 0.3 is 0 Å². The molecule has 108 valence electrons. The molecular weight excluding hydrogens is 264 g/mol. The predicted molar refractivity (Wildman–Crippen MR) is 78.2 cm³/mol. The van der Waals surface area contributed by atoms with Crippen LogP contribution in [0.2, 0.25) is 5.02 Å². The molecule has 0 aliphatic rings. The smallest absolute Gasteiger partial charge is 0.122 e. The van der Waals surface area contributed by atoms with Gasteiger partial charge in [-0.25, -0.2) is 0 Å². The van der Waals surface area contributed by atoms with E-state index in [1.165, 1.54) is 0 Å². The van der Waals surface area contributed by atoms with Gasteiger partial charge in [0.15, 0.2) is 0 Å². The van der Waals surface area contributed by atoms with Crippen molar-refractivity contribution < 1.29 is 14.9 Å². The number of aryl methyl sites for hydroxylation is 1. The highest BCUT2D eigenvalue weighted by Crippen LogP contribution is 2.38. The van der Waals surface area contributed by atoms with Gasteiger partial charge in [-0.3, -0.25) is 0 Å². The van der Waals surface area contributed by atoms with E-state index in [9.17, 15) is 10.2 Å². The van der Waals surface area contributed by atoms with Crippen molar-refractivity contribution in [3.8, 4) is 5.75 Å². The summed E-state index contributed by atoms with van der Waals surface area (Å²) < 4.78 is 5.42. The maximum Gasteiger partial charge on any atom is 0.122 e. The van der Waals surface area contributed by atoms with Crippen LogP contribution >= 0.6 is 11.6 Å².